The molecule has 0 aromatic heterocycles. The van der Waals surface area contributed by atoms with Gasteiger partial charge in [0, 0.05) is 22.6 Å². The molecule has 0 bridgehead atoms. The predicted molar refractivity (Wildman–Crippen MR) is 222 cm³/mol. The summed E-state index contributed by atoms with van der Waals surface area (Å²) in [4.78, 5) is 60.7. The van der Waals surface area contributed by atoms with E-state index < -0.39 is 46.8 Å². The molecule has 9 rings (SSSR count). The number of imide groups is 2. The summed E-state index contributed by atoms with van der Waals surface area (Å²) in [6.07, 6.45) is 2.29. The fraction of sp³-hybridized carbons (Fsp3) is 0.234. The van der Waals surface area contributed by atoms with Crippen molar-refractivity contribution in [2.45, 2.75) is 37.3 Å². The first-order chi connectivity index (χ1) is 28.6. The molecule has 2 aliphatic carbocycles. The van der Waals surface area contributed by atoms with Crippen LogP contribution < -0.4 is 14.9 Å². The van der Waals surface area contributed by atoms with E-state index in [0.29, 0.717) is 33.2 Å². The van der Waals surface area contributed by atoms with Gasteiger partial charge in [0.05, 0.1) is 47.5 Å². The second-order valence-corrected chi connectivity index (χ2v) is 16.3. The number of benzene rings is 5. The zero-order valence-corrected chi connectivity index (χ0v) is 33.4. The number of phenols is 1. The predicted octanol–water partition coefficient (Wildman–Crippen LogP) is 8.47. The highest BCUT2D eigenvalue weighted by Gasteiger charge is 2.70. The Morgan fingerprint density at radius 3 is 2.15 bits per heavy atom. The zero-order valence-electron chi connectivity index (χ0n) is 31.9. The van der Waals surface area contributed by atoms with Crippen molar-refractivity contribution >= 4 is 52.5 Å². The van der Waals surface area contributed by atoms with Crippen LogP contribution in [0, 0.1) is 23.7 Å². The van der Waals surface area contributed by atoms with Crippen LogP contribution in [0.2, 0.25) is 10.0 Å². The van der Waals surface area contributed by atoms with E-state index in [0.717, 1.165) is 16.1 Å². The highest BCUT2D eigenvalue weighted by atomic mass is 35.5. The number of likely N-dealkylation sites (tertiary alicyclic amines) is 1. The SMILES string of the molecule is COc1ccc([C@@]23C(=O)N(Nc4ccc(Cl)cc4Cl)C(=O)[C@@H]2C[C@@H]2C(=CC[C@@H]4C(=O)N(Cc5ccccc5)C(=O)[C@@H]42)[C@@H]3c2ccc(OCc3ccccc3)cc2O)cc1. The average Bonchev–Trinajstić information content (AvgIpc) is 3.62. The Balaban J connectivity index is 1.20. The second kappa shape index (κ2) is 15.3. The largest absolute Gasteiger partial charge is 0.508 e. The molecule has 2 N–H and O–H groups in total. The maximum Gasteiger partial charge on any atom is 0.260 e. The van der Waals surface area contributed by atoms with E-state index in [1.54, 1.807) is 55.6 Å². The number of rotatable bonds is 10. The molecule has 0 radical (unpaired) electrons. The van der Waals surface area contributed by atoms with E-state index in [1.165, 1.54) is 17.0 Å². The Labute approximate surface area is 350 Å². The number of fused-ring (bicyclic) bond motifs is 4. The molecule has 6 atom stereocenters. The summed E-state index contributed by atoms with van der Waals surface area (Å²) in [7, 11) is 1.54. The Morgan fingerprint density at radius 2 is 1.47 bits per heavy atom. The number of carbonyl (C=O) groups is 4. The van der Waals surface area contributed by atoms with Crippen molar-refractivity contribution in [2.24, 2.45) is 23.7 Å². The maximum atomic E-state index is 15.6. The molecule has 12 heteroatoms. The fourth-order valence-corrected chi connectivity index (χ4v) is 10.2. The molecule has 2 heterocycles. The van der Waals surface area contributed by atoms with Crippen LogP contribution in [0.15, 0.2) is 133 Å². The molecule has 4 aliphatic rings. The molecule has 4 amide bonds. The summed E-state index contributed by atoms with van der Waals surface area (Å²) in [5.41, 5.74) is 5.01. The number of nitrogens with zero attached hydrogens (tertiary/aromatic N) is 2. The van der Waals surface area contributed by atoms with Crippen LogP contribution in [0.4, 0.5) is 5.69 Å². The number of carbonyl (C=O) groups excluding carboxylic acids is 4. The molecular formula is C47H39Cl2N3O7. The fourth-order valence-electron chi connectivity index (χ4n) is 9.77. The molecule has 10 nitrogen and oxygen atoms in total. The van der Waals surface area contributed by atoms with Gasteiger partial charge in [0.2, 0.25) is 11.8 Å². The van der Waals surface area contributed by atoms with Crippen LogP contribution >= 0.6 is 23.2 Å². The molecule has 0 unspecified atom stereocenters. The van der Waals surface area contributed by atoms with Crippen LogP contribution in [-0.2, 0) is 37.7 Å². The number of hydrazine groups is 1. The van der Waals surface area contributed by atoms with E-state index in [9.17, 15) is 14.7 Å². The van der Waals surface area contributed by atoms with E-state index in [2.05, 4.69) is 5.43 Å². The second-order valence-electron chi connectivity index (χ2n) is 15.5. The van der Waals surface area contributed by atoms with E-state index >= 15 is 9.59 Å². The highest BCUT2D eigenvalue weighted by molar-refractivity contribution is 6.36. The molecule has 2 aliphatic heterocycles. The Bertz CT molecular complexity index is 2510. The summed E-state index contributed by atoms with van der Waals surface area (Å²) in [6, 6.07) is 35.7. The van der Waals surface area contributed by atoms with Gasteiger partial charge in [-0.25, -0.2) is 0 Å². The maximum absolute atomic E-state index is 15.6. The minimum Gasteiger partial charge on any atom is -0.508 e. The van der Waals surface area contributed by atoms with Gasteiger partial charge in [-0.2, -0.15) is 5.01 Å². The first-order valence-electron chi connectivity index (χ1n) is 19.4. The number of ether oxygens (including phenoxy) is 2. The average molecular weight is 829 g/mol. The Kier molecular flexibility index (Phi) is 9.93. The quantitative estimate of drug-likeness (QED) is 0.106. The third-order valence-electron chi connectivity index (χ3n) is 12.4. The van der Waals surface area contributed by atoms with Gasteiger partial charge in [-0.1, -0.05) is 114 Å². The standard InChI is InChI=1S/C47H39Cl2N3O7/c1-58-31-15-12-29(13-16-31)47-37(44(55)52(46(47)57)50-39-21-14-30(48)22-38(39)49)24-36-33(19-20-35-41(36)45(56)51(43(35)54)25-27-8-4-2-5-9-27)42(47)34-18-17-32(23-40(34)53)59-26-28-10-6-3-7-11-28/h2-19,21-23,35-37,41-42,50,53H,20,24-26H2,1H3/t35-,36+,37-,41-,42+,47+/m0/s1. The third kappa shape index (κ3) is 6.42. The van der Waals surface area contributed by atoms with Gasteiger partial charge in [0.1, 0.15) is 23.9 Å². The highest BCUT2D eigenvalue weighted by Crippen LogP contribution is 2.65. The molecular weight excluding hydrogens is 789 g/mol. The number of aromatic hydroxyl groups is 1. The number of hydrogen-bond donors (Lipinski definition) is 2. The number of halogens is 2. The number of allylic oxidation sites excluding steroid dienone is 2. The van der Waals surface area contributed by atoms with E-state index in [1.807, 2.05) is 66.7 Å². The van der Waals surface area contributed by atoms with Crippen LogP contribution in [-0.4, -0.2) is 45.8 Å². The summed E-state index contributed by atoms with van der Waals surface area (Å²) in [5.74, 6) is -4.95. The first kappa shape index (κ1) is 38.4. The molecule has 1 saturated carbocycles. The zero-order chi connectivity index (χ0) is 41.0. The number of hydrogen-bond acceptors (Lipinski definition) is 8. The van der Waals surface area contributed by atoms with Crippen molar-refractivity contribution in [1.29, 1.82) is 0 Å². The van der Waals surface area contributed by atoms with E-state index in [-0.39, 0.29) is 54.3 Å². The lowest BCUT2D eigenvalue weighted by Crippen LogP contribution is -2.53. The molecule has 5 aromatic rings. The smallest absolute Gasteiger partial charge is 0.260 e. The van der Waals surface area contributed by atoms with Gasteiger partial charge in [-0.3, -0.25) is 29.5 Å². The molecule has 59 heavy (non-hydrogen) atoms. The van der Waals surface area contributed by atoms with Gasteiger partial charge in [0.15, 0.2) is 0 Å². The van der Waals surface area contributed by atoms with Crippen molar-refractivity contribution in [3.05, 3.63) is 165 Å². The lowest BCUT2D eigenvalue weighted by Gasteiger charge is -2.50. The number of anilines is 1. The summed E-state index contributed by atoms with van der Waals surface area (Å²) >= 11 is 12.8. The van der Waals surface area contributed by atoms with Crippen molar-refractivity contribution in [3.8, 4) is 17.2 Å². The van der Waals surface area contributed by atoms with Crippen LogP contribution in [0.25, 0.3) is 0 Å². The molecule has 2 saturated heterocycles. The van der Waals surface area contributed by atoms with Crippen LogP contribution in [0.3, 0.4) is 0 Å². The Hall–Kier alpha value is -6.10. The van der Waals surface area contributed by atoms with Crippen molar-refractivity contribution in [1.82, 2.24) is 9.91 Å². The summed E-state index contributed by atoms with van der Waals surface area (Å²) in [6.45, 7) is 0.381. The minimum absolute atomic E-state index is 0.0872. The third-order valence-corrected chi connectivity index (χ3v) is 13.0. The normalized spacial score (nSPS) is 24.7. The number of methoxy groups -OCH3 is 1. The van der Waals surface area contributed by atoms with Gasteiger partial charge < -0.3 is 14.6 Å². The number of nitrogens with one attached hydrogen (secondary N) is 1. The van der Waals surface area contributed by atoms with Gasteiger partial charge >= 0.3 is 0 Å². The monoisotopic (exact) mass is 827 g/mol. The number of amides is 4. The topological polar surface area (TPSA) is 125 Å². The van der Waals surface area contributed by atoms with Gasteiger partial charge in [-0.15, -0.1) is 0 Å². The lowest BCUT2D eigenvalue weighted by atomic mass is 9.49. The van der Waals surface area contributed by atoms with Gasteiger partial charge in [-0.05, 0) is 71.8 Å². The van der Waals surface area contributed by atoms with E-state index in [4.69, 9.17) is 32.7 Å². The summed E-state index contributed by atoms with van der Waals surface area (Å²) in [5, 5.41) is 13.7. The molecule has 298 valence electrons. The molecule has 0 spiro atoms. The van der Waals surface area contributed by atoms with Crippen molar-refractivity contribution in [2.75, 3.05) is 12.5 Å². The first-order valence-corrected chi connectivity index (χ1v) is 20.2. The minimum atomic E-state index is -1.64. The van der Waals surface area contributed by atoms with Crippen molar-refractivity contribution < 1.29 is 33.8 Å². The Morgan fingerprint density at radius 1 is 0.780 bits per heavy atom. The van der Waals surface area contributed by atoms with Crippen LogP contribution in [0.1, 0.15) is 41.0 Å². The molecule has 3 fully saturated rings. The molecule has 5 aromatic carbocycles. The van der Waals surface area contributed by atoms with Crippen molar-refractivity contribution in [3.63, 3.8) is 0 Å². The summed E-state index contributed by atoms with van der Waals surface area (Å²) < 4.78 is 11.6. The van der Waals surface area contributed by atoms with Gasteiger partial charge in [0.25, 0.3) is 11.8 Å². The number of phenolic OH excluding ortho intramolecular Hbond substituents is 1. The van der Waals surface area contributed by atoms with Crippen LogP contribution in [0.5, 0.6) is 17.2 Å². The lowest BCUT2D eigenvalue weighted by molar-refractivity contribution is -0.142.